The van der Waals surface area contributed by atoms with E-state index in [4.69, 9.17) is 14.2 Å². The van der Waals surface area contributed by atoms with Crippen LogP contribution in [0, 0.1) is 0 Å². The maximum absolute atomic E-state index is 10.9. The minimum absolute atomic E-state index is 0.0481. The highest BCUT2D eigenvalue weighted by Gasteiger charge is 2.00. The van der Waals surface area contributed by atoms with E-state index in [1.165, 1.54) is 0 Å². The lowest BCUT2D eigenvalue weighted by Crippen LogP contribution is -2.15. The highest BCUT2D eigenvalue weighted by atomic mass is 16.6. The van der Waals surface area contributed by atoms with Gasteiger partial charge in [-0.15, -0.1) is 13.2 Å². The van der Waals surface area contributed by atoms with Gasteiger partial charge in [-0.05, 0) is 0 Å². The van der Waals surface area contributed by atoms with Crippen LogP contribution in [-0.4, -0.2) is 39.0 Å². The van der Waals surface area contributed by atoms with Gasteiger partial charge in [-0.3, -0.25) is 0 Å². The summed E-state index contributed by atoms with van der Waals surface area (Å²) in [5.74, 6) is -0.394. The van der Waals surface area contributed by atoms with Gasteiger partial charge in [0.2, 0.25) is 0 Å². The summed E-state index contributed by atoms with van der Waals surface area (Å²) in [6.45, 7) is 8.31. The van der Waals surface area contributed by atoms with Crippen molar-refractivity contribution in [1.29, 1.82) is 0 Å². The molecule has 0 fully saturated rings. The van der Waals surface area contributed by atoms with Crippen LogP contribution < -0.4 is 0 Å². The maximum Gasteiger partial charge on any atom is 0.332 e. The van der Waals surface area contributed by atoms with Gasteiger partial charge in [-0.1, -0.05) is 12.2 Å². The van der Waals surface area contributed by atoms with Gasteiger partial charge in [0.15, 0.2) is 0 Å². The molecule has 0 aromatic heterocycles. The molecule has 0 radical (unpaired) electrons. The second kappa shape index (κ2) is 9.95. The smallest absolute Gasteiger partial charge is 0.332 e. The molecule has 0 bridgehead atoms. The average molecular weight is 200 g/mol. The average Bonchev–Trinajstić information content (AvgIpc) is 2.18. The lowest BCUT2D eigenvalue weighted by molar-refractivity contribution is -0.149. The van der Waals surface area contributed by atoms with Crippen molar-refractivity contribution in [2.24, 2.45) is 0 Å². The Bertz CT molecular complexity index is 177. The van der Waals surface area contributed by atoms with Gasteiger partial charge in [-0.25, -0.2) is 4.79 Å². The van der Waals surface area contributed by atoms with Gasteiger partial charge >= 0.3 is 5.97 Å². The summed E-state index contributed by atoms with van der Waals surface area (Å²) in [6.07, 6.45) is 3.20. The molecular weight excluding hydrogens is 184 g/mol. The normalized spacial score (nSPS) is 9.43. The molecule has 14 heavy (non-hydrogen) atoms. The van der Waals surface area contributed by atoms with Crippen molar-refractivity contribution in [1.82, 2.24) is 0 Å². The van der Waals surface area contributed by atoms with Crippen molar-refractivity contribution < 1.29 is 19.0 Å². The fraction of sp³-hybridized carbons (Fsp3) is 0.500. The Hall–Kier alpha value is -1.13. The van der Waals surface area contributed by atoms with Crippen LogP contribution in [0.1, 0.15) is 0 Å². The number of esters is 1. The molecule has 0 saturated heterocycles. The number of rotatable bonds is 9. The molecule has 0 rings (SSSR count). The van der Waals surface area contributed by atoms with E-state index in [0.29, 0.717) is 19.8 Å². The molecule has 0 N–H and O–H groups in total. The van der Waals surface area contributed by atoms with E-state index in [-0.39, 0.29) is 13.2 Å². The number of ether oxygens (including phenoxy) is 3. The zero-order valence-electron chi connectivity index (χ0n) is 8.24. The van der Waals surface area contributed by atoms with Crippen LogP contribution in [0.15, 0.2) is 25.3 Å². The summed E-state index contributed by atoms with van der Waals surface area (Å²) in [7, 11) is 0. The highest BCUT2D eigenvalue weighted by molar-refractivity contribution is 5.70. The highest BCUT2D eigenvalue weighted by Crippen LogP contribution is 1.83. The lowest BCUT2D eigenvalue weighted by Gasteiger charge is -2.04. The molecule has 0 aliphatic carbocycles. The molecule has 0 aromatic rings. The number of carbonyl (C=O) groups is 1. The minimum Gasteiger partial charge on any atom is -0.462 e. The molecule has 0 saturated carbocycles. The Labute approximate surface area is 84.1 Å². The first-order valence-corrected chi connectivity index (χ1v) is 4.34. The molecule has 0 amide bonds. The van der Waals surface area contributed by atoms with Gasteiger partial charge in [0.25, 0.3) is 0 Å². The van der Waals surface area contributed by atoms with Crippen LogP contribution in [0.4, 0.5) is 0 Å². The summed E-state index contributed by atoms with van der Waals surface area (Å²) in [4.78, 5) is 10.9. The van der Waals surface area contributed by atoms with Crippen molar-refractivity contribution in [2.45, 2.75) is 0 Å². The summed E-state index contributed by atoms with van der Waals surface area (Å²) in [6, 6.07) is 0. The van der Waals surface area contributed by atoms with Crippen molar-refractivity contribution >= 4 is 5.97 Å². The van der Waals surface area contributed by atoms with E-state index in [2.05, 4.69) is 13.2 Å². The second-order valence-electron chi connectivity index (χ2n) is 2.39. The Balaban J connectivity index is 3.17. The monoisotopic (exact) mass is 200 g/mol. The van der Waals surface area contributed by atoms with E-state index in [0.717, 1.165) is 0 Å². The van der Waals surface area contributed by atoms with Crippen LogP contribution >= 0.6 is 0 Å². The van der Waals surface area contributed by atoms with Gasteiger partial charge in [0.05, 0.1) is 19.8 Å². The predicted octanol–water partition coefficient (Wildman–Crippen LogP) is 0.935. The van der Waals surface area contributed by atoms with E-state index in [1.54, 1.807) is 12.2 Å². The summed E-state index contributed by atoms with van der Waals surface area (Å²) < 4.78 is 14.7. The Morgan fingerprint density at radius 2 is 1.71 bits per heavy atom. The van der Waals surface area contributed by atoms with E-state index in [9.17, 15) is 4.79 Å². The first-order chi connectivity index (χ1) is 6.81. The van der Waals surface area contributed by atoms with Crippen molar-refractivity contribution in [3.05, 3.63) is 25.3 Å². The molecule has 4 heteroatoms. The zero-order chi connectivity index (χ0) is 10.6. The third-order valence-corrected chi connectivity index (χ3v) is 1.18. The minimum atomic E-state index is -0.394. The van der Waals surface area contributed by atoms with Crippen molar-refractivity contribution in [2.75, 3.05) is 33.0 Å². The van der Waals surface area contributed by atoms with E-state index in [1.807, 2.05) is 0 Å². The van der Waals surface area contributed by atoms with Gasteiger partial charge in [0.1, 0.15) is 13.2 Å². The first kappa shape index (κ1) is 12.9. The van der Waals surface area contributed by atoms with Crippen molar-refractivity contribution in [3.63, 3.8) is 0 Å². The molecule has 0 aromatic carbocycles. The second-order valence-corrected chi connectivity index (χ2v) is 2.39. The van der Waals surface area contributed by atoms with E-state index < -0.39 is 5.97 Å². The van der Waals surface area contributed by atoms with Crippen LogP contribution in [0.25, 0.3) is 0 Å². The van der Waals surface area contributed by atoms with Crippen molar-refractivity contribution in [3.8, 4) is 0 Å². The van der Waals surface area contributed by atoms with Crippen LogP contribution in [-0.2, 0) is 19.0 Å². The van der Waals surface area contributed by atoms with Gasteiger partial charge in [0, 0.05) is 0 Å². The van der Waals surface area contributed by atoms with Gasteiger partial charge < -0.3 is 14.2 Å². The molecule has 0 spiro atoms. The Kier molecular flexibility index (Phi) is 9.15. The molecule has 4 nitrogen and oxygen atoms in total. The molecule has 80 valence electrons. The SMILES string of the molecule is C=CCOCCOC(=O)COCC=C. The quantitative estimate of drug-likeness (QED) is 0.315. The Morgan fingerprint density at radius 1 is 1.07 bits per heavy atom. The largest absolute Gasteiger partial charge is 0.462 e. The topological polar surface area (TPSA) is 44.8 Å². The van der Waals surface area contributed by atoms with Gasteiger partial charge in [-0.2, -0.15) is 0 Å². The van der Waals surface area contributed by atoms with E-state index >= 15 is 0 Å². The Morgan fingerprint density at radius 3 is 2.36 bits per heavy atom. The summed E-state index contributed by atoms with van der Waals surface area (Å²) in [5.41, 5.74) is 0. The molecule has 0 unspecified atom stereocenters. The predicted molar refractivity (Wildman–Crippen MR) is 53.0 cm³/mol. The zero-order valence-corrected chi connectivity index (χ0v) is 8.24. The third kappa shape index (κ3) is 8.96. The molecule has 0 aliphatic rings. The number of hydrogen-bond donors (Lipinski definition) is 0. The molecule has 0 aliphatic heterocycles. The molecule has 0 heterocycles. The standard InChI is InChI=1S/C10H16O4/c1-3-5-12-7-8-14-10(11)9-13-6-4-2/h3-4H,1-2,5-9H2. The third-order valence-electron chi connectivity index (χ3n) is 1.18. The van der Waals surface area contributed by atoms with Crippen LogP contribution in [0.3, 0.4) is 0 Å². The summed E-state index contributed by atoms with van der Waals surface area (Å²) >= 11 is 0. The van der Waals surface area contributed by atoms with Crippen LogP contribution in [0.2, 0.25) is 0 Å². The lowest BCUT2D eigenvalue weighted by atomic mass is 10.6. The summed E-state index contributed by atoms with van der Waals surface area (Å²) in [5, 5.41) is 0. The fourth-order valence-electron chi connectivity index (χ4n) is 0.648. The van der Waals surface area contributed by atoms with Crippen LogP contribution in [0.5, 0.6) is 0 Å². The number of hydrogen-bond acceptors (Lipinski definition) is 4. The first-order valence-electron chi connectivity index (χ1n) is 4.34. The molecular formula is C10H16O4. The fourth-order valence-corrected chi connectivity index (χ4v) is 0.648. The number of carbonyl (C=O) groups excluding carboxylic acids is 1. The molecule has 0 atom stereocenters. The maximum atomic E-state index is 10.9.